The highest BCUT2D eigenvalue weighted by Crippen LogP contribution is 2.17. The first-order valence-electron chi connectivity index (χ1n) is 8.97. The zero-order valence-electron chi connectivity index (χ0n) is 14.3. The SMILES string of the molecule is CCOC(=O)CCCCCN1CCC(Nc2ccccc2)CC1. The van der Waals surface area contributed by atoms with Crippen LogP contribution in [-0.4, -0.2) is 43.2 Å². The van der Waals surface area contributed by atoms with Crippen molar-refractivity contribution in [1.29, 1.82) is 0 Å². The number of hydrogen-bond donors (Lipinski definition) is 1. The number of piperidine rings is 1. The Balaban J connectivity index is 1.52. The lowest BCUT2D eigenvalue weighted by molar-refractivity contribution is -0.143. The number of carbonyl (C=O) groups is 1. The normalized spacial score (nSPS) is 16.2. The fourth-order valence-electron chi connectivity index (χ4n) is 3.09. The predicted molar refractivity (Wildman–Crippen MR) is 94.6 cm³/mol. The van der Waals surface area contributed by atoms with Gasteiger partial charge in [-0.1, -0.05) is 24.6 Å². The van der Waals surface area contributed by atoms with Crippen molar-refractivity contribution >= 4 is 11.7 Å². The van der Waals surface area contributed by atoms with Crippen LogP contribution in [0, 0.1) is 0 Å². The number of hydrogen-bond acceptors (Lipinski definition) is 4. The summed E-state index contributed by atoms with van der Waals surface area (Å²) in [6.07, 6.45) is 6.22. The Morgan fingerprint density at radius 1 is 1.17 bits per heavy atom. The van der Waals surface area contributed by atoms with Crippen molar-refractivity contribution in [3.63, 3.8) is 0 Å². The van der Waals surface area contributed by atoms with Gasteiger partial charge in [0.1, 0.15) is 0 Å². The molecule has 128 valence electrons. The van der Waals surface area contributed by atoms with Gasteiger partial charge < -0.3 is 15.0 Å². The number of likely N-dealkylation sites (tertiary alicyclic amines) is 1. The van der Waals surface area contributed by atoms with Crippen molar-refractivity contribution < 1.29 is 9.53 Å². The molecule has 1 aliphatic heterocycles. The van der Waals surface area contributed by atoms with Crippen LogP contribution in [0.2, 0.25) is 0 Å². The van der Waals surface area contributed by atoms with E-state index in [4.69, 9.17) is 4.74 Å². The highest BCUT2D eigenvalue weighted by molar-refractivity contribution is 5.69. The van der Waals surface area contributed by atoms with Gasteiger partial charge in [-0.25, -0.2) is 0 Å². The molecular formula is C19H30N2O2. The second-order valence-corrected chi connectivity index (χ2v) is 6.24. The molecule has 0 saturated carbocycles. The number of unbranched alkanes of at least 4 members (excludes halogenated alkanes) is 2. The number of rotatable bonds is 9. The second kappa shape index (κ2) is 10.3. The van der Waals surface area contributed by atoms with Gasteiger partial charge in [-0.3, -0.25) is 4.79 Å². The average molecular weight is 318 g/mol. The molecule has 0 spiro atoms. The number of para-hydroxylation sites is 1. The van der Waals surface area contributed by atoms with Crippen molar-refractivity contribution in [3.8, 4) is 0 Å². The first kappa shape index (κ1) is 17.8. The van der Waals surface area contributed by atoms with E-state index in [2.05, 4.69) is 40.5 Å². The number of ether oxygens (including phenoxy) is 1. The Kier molecular flexibility index (Phi) is 7.95. The van der Waals surface area contributed by atoms with Crippen LogP contribution in [0.3, 0.4) is 0 Å². The molecule has 0 atom stereocenters. The minimum Gasteiger partial charge on any atom is -0.466 e. The van der Waals surface area contributed by atoms with Crippen molar-refractivity contribution in [1.82, 2.24) is 4.90 Å². The zero-order valence-corrected chi connectivity index (χ0v) is 14.3. The van der Waals surface area contributed by atoms with Gasteiger partial charge in [-0.15, -0.1) is 0 Å². The minimum absolute atomic E-state index is 0.0553. The van der Waals surface area contributed by atoms with Gasteiger partial charge in [-0.2, -0.15) is 0 Å². The van der Waals surface area contributed by atoms with Gasteiger partial charge in [0, 0.05) is 31.2 Å². The van der Waals surface area contributed by atoms with Crippen LogP contribution >= 0.6 is 0 Å². The molecule has 0 amide bonds. The molecule has 1 aromatic rings. The number of nitrogens with zero attached hydrogens (tertiary/aromatic N) is 1. The van der Waals surface area contributed by atoms with Crippen LogP contribution in [0.1, 0.15) is 45.4 Å². The van der Waals surface area contributed by atoms with Gasteiger partial charge in [-0.05, 0) is 51.3 Å². The third-order valence-electron chi connectivity index (χ3n) is 4.39. The monoisotopic (exact) mass is 318 g/mol. The van der Waals surface area contributed by atoms with E-state index in [1.165, 1.54) is 38.0 Å². The third-order valence-corrected chi connectivity index (χ3v) is 4.39. The number of esters is 1. The highest BCUT2D eigenvalue weighted by atomic mass is 16.5. The van der Waals surface area contributed by atoms with Crippen LogP contribution in [0.15, 0.2) is 30.3 Å². The Hall–Kier alpha value is -1.55. The first-order chi connectivity index (χ1) is 11.3. The molecule has 4 heteroatoms. The van der Waals surface area contributed by atoms with Crippen molar-refractivity contribution in [2.24, 2.45) is 0 Å². The number of nitrogens with one attached hydrogen (secondary N) is 1. The Morgan fingerprint density at radius 2 is 1.91 bits per heavy atom. The highest BCUT2D eigenvalue weighted by Gasteiger charge is 2.18. The Morgan fingerprint density at radius 3 is 2.61 bits per heavy atom. The van der Waals surface area contributed by atoms with E-state index in [0.29, 0.717) is 19.1 Å². The van der Waals surface area contributed by atoms with Crippen LogP contribution < -0.4 is 5.32 Å². The number of carbonyl (C=O) groups excluding carboxylic acids is 1. The smallest absolute Gasteiger partial charge is 0.305 e. The summed E-state index contributed by atoms with van der Waals surface area (Å²) in [7, 11) is 0. The molecule has 2 rings (SSSR count). The summed E-state index contributed by atoms with van der Waals surface area (Å²) >= 11 is 0. The lowest BCUT2D eigenvalue weighted by Crippen LogP contribution is -2.39. The maximum Gasteiger partial charge on any atom is 0.305 e. The molecule has 4 nitrogen and oxygen atoms in total. The van der Waals surface area contributed by atoms with Crippen LogP contribution in [-0.2, 0) is 9.53 Å². The van der Waals surface area contributed by atoms with E-state index < -0.39 is 0 Å². The van der Waals surface area contributed by atoms with Gasteiger partial charge in [0.05, 0.1) is 6.61 Å². The molecule has 23 heavy (non-hydrogen) atoms. The van der Waals surface area contributed by atoms with E-state index in [1.807, 2.05) is 6.92 Å². The second-order valence-electron chi connectivity index (χ2n) is 6.24. The minimum atomic E-state index is -0.0553. The lowest BCUT2D eigenvalue weighted by atomic mass is 10.0. The van der Waals surface area contributed by atoms with Crippen molar-refractivity contribution in [3.05, 3.63) is 30.3 Å². The Bertz CT molecular complexity index is 442. The van der Waals surface area contributed by atoms with E-state index in [-0.39, 0.29) is 5.97 Å². The average Bonchev–Trinajstić information content (AvgIpc) is 2.57. The first-order valence-corrected chi connectivity index (χ1v) is 8.97. The van der Waals surface area contributed by atoms with Crippen LogP contribution in [0.25, 0.3) is 0 Å². The summed E-state index contributed by atoms with van der Waals surface area (Å²) in [5.74, 6) is -0.0553. The fraction of sp³-hybridized carbons (Fsp3) is 0.632. The molecule has 1 N–H and O–H groups in total. The summed E-state index contributed by atoms with van der Waals surface area (Å²) in [6, 6.07) is 11.1. The van der Waals surface area contributed by atoms with Crippen molar-refractivity contribution in [2.75, 3.05) is 31.6 Å². The predicted octanol–water partition coefficient (Wildman–Crippen LogP) is 3.69. The maximum absolute atomic E-state index is 11.3. The topological polar surface area (TPSA) is 41.6 Å². The zero-order chi connectivity index (χ0) is 16.3. The van der Waals surface area contributed by atoms with Crippen LogP contribution in [0.4, 0.5) is 5.69 Å². The van der Waals surface area contributed by atoms with E-state index >= 15 is 0 Å². The van der Waals surface area contributed by atoms with Crippen LogP contribution in [0.5, 0.6) is 0 Å². The van der Waals surface area contributed by atoms with E-state index in [9.17, 15) is 4.79 Å². The molecular weight excluding hydrogens is 288 g/mol. The lowest BCUT2D eigenvalue weighted by Gasteiger charge is -2.32. The molecule has 0 unspecified atom stereocenters. The van der Waals surface area contributed by atoms with Gasteiger partial charge in [0.15, 0.2) is 0 Å². The largest absolute Gasteiger partial charge is 0.466 e. The summed E-state index contributed by atoms with van der Waals surface area (Å²) in [6.45, 7) is 5.84. The summed E-state index contributed by atoms with van der Waals surface area (Å²) < 4.78 is 4.94. The molecule has 1 aliphatic rings. The molecule has 0 bridgehead atoms. The van der Waals surface area contributed by atoms with Crippen molar-refractivity contribution in [2.45, 2.75) is 51.5 Å². The molecule has 0 radical (unpaired) electrons. The quantitative estimate of drug-likeness (QED) is 0.557. The van der Waals surface area contributed by atoms with Gasteiger partial charge in [0.2, 0.25) is 0 Å². The number of benzene rings is 1. The molecule has 0 aromatic heterocycles. The summed E-state index contributed by atoms with van der Waals surface area (Å²) in [5, 5.41) is 3.62. The third kappa shape index (κ3) is 7.04. The number of anilines is 1. The summed E-state index contributed by atoms with van der Waals surface area (Å²) in [5.41, 5.74) is 1.23. The molecule has 1 saturated heterocycles. The molecule has 1 heterocycles. The van der Waals surface area contributed by atoms with E-state index in [0.717, 1.165) is 19.4 Å². The molecule has 0 aliphatic carbocycles. The molecule has 1 aromatic carbocycles. The molecule has 1 fully saturated rings. The van der Waals surface area contributed by atoms with Gasteiger partial charge >= 0.3 is 5.97 Å². The standard InChI is InChI=1S/C19H30N2O2/c1-2-23-19(22)11-7-4-8-14-21-15-12-18(13-16-21)20-17-9-5-3-6-10-17/h3,5-6,9-10,18,20H,2,4,7-8,11-16H2,1H3. The Labute approximate surface area is 140 Å². The fourth-order valence-corrected chi connectivity index (χ4v) is 3.09. The van der Waals surface area contributed by atoms with Gasteiger partial charge in [0.25, 0.3) is 0 Å². The van der Waals surface area contributed by atoms with E-state index in [1.54, 1.807) is 0 Å². The summed E-state index contributed by atoms with van der Waals surface area (Å²) in [4.78, 5) is 13.8. The maximum atomic E-state index is 11.3.